The van der Waals surface area contributed by atoms with Crippen LogP contribution in [0.4, 0.5) is 13.9 Å². The number of rotatable bonds is 4. The first kappa shape index (κ1) is 19.5. The Balaban J connectivity index is 1.44. The van der Waals surface area contributed by atoms with Gasteiger partial charge in [-0.1, -0.05) is 18.2 Å². The van der Waals surface area contributed by atoms with E-state index in [1.807, 2.05) is 36.1 Å². The highest BCUT2D eigenvalue weighted by Gasteiger charge is 2.25. The molecule has 1 N–H and O–H groups in total. The number of nitrogens with one attached hydrogen (secondary N) is 1. The Bertz CT molecular complexity index is 1040. The highest BCUT2D eigenvalue weighted by molar-refractivity contribution is 7.14. The first-order valence-electron chi connectivity index (χ1n) is 9.18. The van der Waals surface area contributed by atoms with Gasteiger partial charge in [0.15, 0.2) is 16.8 Å². The number of ether oxygens (including phenoxy) is 1. The van der Waals surface area contributed by atoms with Gasteiger partial charge in [0.1, 0.15) is 12.4 Å². The fourth-order valence-corrected chi connectivity index (χ4v) is 3.89. The van der Waals surface area contributed by atoms with Gasteiger partial charge in [0.05, 0.1) is 11.7 Å². The van der Waals surface area contributed by atoms with Gasteiger partial charge in [-0.15, -0.1) is 11.3 Å². The molecule has 150 valence electrons. The van der Waals surface area contributed by atoms with Crippen LogP contribution in [0.1, 0.15) is 12.5 Å². The zero-order valence-corrected chi connectivity index (χ0v) is 16.5. The zero-order chi connectivity index (χ0) is 20.4. The number of carbonyl (C=O) groups is 1. The van der Waals surface area contributed by atoms with Crippen LogP contribution in [0.3, 0.4) is 0 Å². The molecular weight excluding hydrogens is 396 g/mol. The molecule has 5 nitrogen and oxygen atoms in total. The summed E-state index contributed by atoms with van der Waals surface area (Å²) in [6.45, 7) is 3.59. The monoisotopic (exact) mass is 415 g/mol. The van der Waals surface area contributed by atoms with Crippen LogP contribution in [-0.2, 0) is 11.3 Å². The van der Waals surface area contributed by atoms with Crippen molar-refractivity contribution in [2.24, 2.45) is 0 Å². The average molecular weight is 415 g/mol. The van der Waals surface area contributed by atoms with Crippen LogP contribution in [0.25, 0.3) is 11.3 Å². The van der Waals surface area contributed by atoms with Gasteiger partial charge in [-0.25, -0.2) is 13.8 Å². The van der Waals surface area contributed by atoms with Crippen LogP contribution >= 0.6 is 11.3 Å². The quantitative estimate of drug-likeness (QED) is 0.690. The summed E-state index contributed by atoms with van der Waals surface area (Å²) in [6, 6.07) is 11.0. The number of thiazole rings is 1. The highest BCUT2D eigenvalue weighted by Crippen LogP contribution is 2.27. The lowest BCUT2D eigenvalue weighted by molar-refractivity contribution is -0.121. The number of benzene rings is 2. The molecule has 2 heterocycles. The number of amides is 1. The number of nitrogens with zero attached hydrogens (tertiary/aromatic N) is 2. The second-order valence-electron chi connectivity index (χ2n) is 6.76. The van der Waals surface area contributed by atoms with Crippen molar-refractivity contribution < 1.29 is 18.3 Å². The topological polar surface area (TPSA) is 54.5 Å². The van der Waals surface area contributed by atoms with Crippen LogP contribution in [-0.4, -0.2) is 35.0 Å². The second-order valence-corrected chi connectivity index (χ2v) is 7.62. The number of halogens is 2. The zero-order valence-electron chi connectivity index (χ0n) is 15.7. The molecule has 8 heteroatoms. The summed E-state index contributed by atoms with van der Waals surface area (Å²) in [5.41, 5.74) is 1.98. The molecule has 0 radical (unpaired) electrons. The van der Waals surface area contributed by atoms with Gasteiger partial charge in [-0.2, -0.15) is 0 Å². The molecule has 0 saturated carbocycles. The van der Waals surface area contributed by atoms with E-state index in [0.29, 0.717) is 36.1 Å². The minimum absolute atomic E-state index is 0.185. The molecule has 3 aromatic rings. The summed E-state index contributed by atoms with van der Waals surface area (Å²) in [7, 11) is 0. The smallest absolute Gasteiger partial charge is 0.243 e. The third-order valence-electron chi connectivity index (χ3n) is 4.86. The van der Waals surface area contributed by atoms with E-state index in [4.69, 9.17) is 4.74 Å². The largest absolute Gasteiger partial charge is 0.492 e. The van der Waals surface area contributed by atoms with Gasteiger partial charge in [0.25, 0.3) is 0 Å². The van der Waals surface area contributed by atoms with Gasteiger partial charge in [-0.05, 0) is 31.2 Å². The first-order chi connectivity index (χ1) is 14.0. The molecule has 0 saturated heterocycles. The van der Waals surface area contributed by atoms with Crippen molar-refractivity contribution in [3.63, 3.8) is 0 Å². The van der Waals surface area contributed by atoms with E-state index in [-0.39, 0.29) is 11.9 Å². The molecule has 0 spiro atoms. The van der Waals surface area contributed by atoms with E-state index in [9.17, 15) is 13.6 Å². The first-order valence-corrected chi connectivity index (χ1v) is 10.1. The fraction of sp³-hybridized carbons (Fsp3) is 0.238. The van der Waals surface area contributed by atoms with Crippen LogP contribution in [0.2, 0.25) is 0 Å². The molecule has 0 fully saturated rings. The van der Waals surface area contributed by atoms with Crippen LogP contribution in [0.15, 0.2) is 47.8 Å². The van der Waals surface area contributed by atoms with Crippen molar-refractivity contribution in [1.29, 1.82) is 0 Å². The summed E-state index contributed by atoms with van der Waals surface area (Å²) < 4.78 is 32.3. The van der Waals surface area contributed by atoms with E-state index >= 15 is 0 Å². The number of carbonyl (C=O) groups excluding carboxylic acids is 1. The summed E-state index contributed by atoms with van der Waals surface area (Å²) in [5.74, 6) is -1.18. The van der Waals surface area contributed by atoms with Gasteiger partial charge < -0.3 is 10.1 Å². The van der Waals surface area contributed by atoms with Crippen molar-refractivity contribution in [3.8, 4) is 17.0 Å². The molecule has 4 rings (SSSR count). The standard InChI is InChI=1S/C21H19F2N3O2S/c1-13(26-8-9-28-19-5-3-2-4-15(19)11-26)20(27)25-21-24-18(12-29-21)14-6-7-16(22)17(23)10-14/h2-7,10,12-13H,8-9,11H2,1H3,(H,24,25,27). The molecule has 29 heavy (non-hydrogen) atoms. The molecule has 1 aliphatic heterocycles. The number of anilines is 1. The summed E-state index contributed by atoms with van der Waals surface area (Å²) in [5, 5.41) is 4.93. The third kappa shape index (κ3) is 4.28. The Morgan fingerprint density at radius 3 is 2.90 bits per heavy atom. The number of fused-ring (bicyclic) bond motifs is 1. The molecule has 1 atom stereocenters. The van der Waals surface area contributed by atoms with Crippen molar-refractivity contribution in [2.75, 3.05) is 18.5 Å². The number of hydrogen-bond acceptors (Lipinski definition) is 5. The number of hydrogen-bond donors (Lipinski definition) is 1. The van der Waals surface area contributed by atoms with Crippen LogP contribution in [0, 0.1) is 11.6 Å². The molecule has 0 aliphatic carbocycles. The predicted octanol–water partition coefficient (Wildman–Crippen LogP) is 4.31. The van der Waals surface area contributed by atoms with E-state index in [1.165, 1.54) is 17.4 Å². The Morgan fingerprint density at radius 1 is 1.24 bits per heavy atom. The lowest BCUT2D eigenvalue weighted by atomic mass is 10.1. The molecule has 0 bridgehead atoms. The van der Waals surface area contributed by atoms with Crippen molar-refractivity contribution in [2.45, 2.75) is 19.5 Å². The second kappa shape index (κ2) is 8.26. The summed E-state index contributed by atoms with van der Waals surface area (Å²) in [6.07, 6.45) is 0. The minimum Gasteiger partial charge on any atom is -0.492 e. The van der Waals surface area contributed by atoms with Gasteiger partial charge in [0, 0.05) is 29.6 Å². The van der Waals surface area contributed by atoms with E-state index in [0.717, 1.165) is 23.4 Å². The number of aromatic nitrogens is 1. The van der Waals surface area contributed by atoms with E-state index < -0.39 is 11.6 Å². The van der Waals surface area contributed by atoms with Crippen molar-refractivity contribution >= 4 is 22.4 Å². The molecular formula is C21H19F2N3O2S. The molecule has 1 aromatic heterocycles. The molecule has 2 aromatic carbocycles. The maximum absolute atomic E-state index is 13.4. The lowest BCUT2D eigenvalue weighted by Crippen LogP contribution is -2.42. The molecule has 1 unspecified atom stereocenters. The number of para-hydroxylation sites is 1. The van der Waals surface area contributed by atoms with Gasteiger partial charge in [-0.3, -0.25) is 9.69 Å². The highest BCUT2D eigenvalue weighted by atomic mass is 32.1. The van der Waals surface area contributed by atoms with Crippen LogP contribution in [0.5, 0.6) is 5.75 Å². The van der Waals surface area contributed by atoms with E-state index in [1.54, 1.807) is 5.38 Å². The van der Waals surface area contributed by atoms with Gasteiger partial charge >= 0.3 is 0 Å². The predicted molar refractivity (Wildman–Crippen MR) is 108 cm³/mol. The third-order valence-corrected chi connectivity index (χ3v) is 5.62. The maximum atomic E-state index is 13.4. The Labute approximate surface area is 171 Å². The minimum atomic E-state index is -0.932. The normalized spacial score (nSPS) is 15.1. The Hall–Kier alpha value is -2.84. The molecule has 1 aliphatic rings. The van der Waals surface area contributed by atoms with Crippen LogP contribution < -0.4 is 10.1 Å². The Morgan fingerprint density at radius 2 is 2.07 bits per heavy atom. The maximum Gasteiger partial charge on any atom is 0.243 e. The van der Waals surface area contributed by atoms with E-state index in [2.05, 4.69) is 10.3 Å². The SMILES string of the molecule is CC(C(=O)Nc1nc(-c2ccc(F)c(F)c2)cs1)N1CCOc2ccccc2C1. The average Bonchev–Trinajstić information content (AvgIpc) is 3.07. The Kier molecular flexibility index (Phi) is 5.55. The summed E-state index contributed by atoms with van der Waals surface area (Å²) in [4.78, 5) is 19.1. The van der Waals surface area contributed by atoms with Gasteiger partial charge in [0.2, 0.25) is 5.91 Å². The summed E-state index contributed by atoms with van der Waals surface area (Å²) >= 11 is 1.24. The fourth-order valence-electron chi connectivity index (χ4n) is 3.17. The lowest BCUT2D eigenvalue weighted by Gasteiger charge is -2.25. The van der Waals surface area contributed by atoms with Crippen molar-refractivity contribution in [3.05, 3.63) is 65.0 Å². The van der Waals surface area contributed by atoms with Crippen molar-refractivity contribution in [1.82, 2.24) is 9.88 Å². The molecule has 1 amide bonds.